The minimum Gasteiger partial charge on any atom is -0.338 e. The second-order valence-corrected chi connectivity index (χ2v) is 8.42. The third kappa shape index (κ3) is 4.12. The molecule has 2 unspecified atom stereocenters. The van der Waals surface area contributed by atoms with Crippen molar-refractivity contribution in [1.82, 2.24) is 15.0 Å². The molecule has 5 rings (SSSR count). The fraction of sp³-hybridized carbons (Fsp3) is 0.480. The highest BCUT2D eigenvalue weighted by Crippen LogP contribution is 2.50. The molecular weight excluding hydrogens is 394 g/mol. The highest BCUT2D eigenvalue weighted by atomic mass is 19.1. The maximum atomic E-state index is 14.3. The number of nitrogens with zero attached hydrogens (tertiary/aromatic N) is 3. The van der Waals surface area contributed by atoms with Gasteiger partial charge in [0.05, 0.1) is 41.7 Å². The normalized spacial score (nSPS) is 21.9. The molecule has 0 saturated heterocycles. The lowest BCUT2D eigenvalue weighted by Gasteiger charge is -2.23. The fourth-order valence-corrected chi connectivity index (χ4v) is 5.13. The first-order chi connectivity index (χ1) is 15.1. The van der Waals surface area contributed by atoms with Crippen molar-refractivity contribution in [2.45, 2.75) is 65.7 Å². The van der Waals surface area contributed by atoms with Crippen LogP contribution in [0.15, 0.2) is 35.9 Å². The van der Waals surface area contributed by atoms with Crippen molar-refractivity contribution in [1.29, 1.82) is 0 Å². The number of halogens is 2. The Morgan fingerprint density at radius 1 is 0.968 bits per heavy atom. The first kappa shape index (κ1) is 21.6. The Balaban J connectivity index is 0.00000112. The molecule has 31 heavy (non-hydrogen) atoms. The van der Waals surface area contributed by atoms with Gasteiger partial charge in [0, 0.05) is 0 Å². The summed E-state index contributed by atoms with van der Waals surface area (Å²) in [6.45, 7) is 6.20. The van der Waals surface area contributed by atoms with Crippen molar-refractivity contribution in [2.24, 2.45) is 11.8 Å². The second-order valence-electron chi connectivity index (χ2n) is 8.42. The van der Waals surface area contributed by atoms with Gasteiger partial charge in [0.2, 0.25) is 0 Å². The predicted molar refractivity (Wildman–Crippen MR) is 120 cm³/mol. The number of fused-ring (bicyclic) bond motifs is 1. The van der Waals surface area contributed by atoms with Crippen molar-refractivity contribution in [3.63, 3.8) is 0 Å². The van der Waals surface area contributed by atoms with Crippen LogP contribution in [0.4, 0.5) is 14.6 Å². The molecule has 2 heterocycles. The van der Waals surface area contributed by atoms with Crippen LogP contribution in [0, 0.1) is 23.5 Å². The van der Waals surface area contributed by atoms with Gasteiger partial charge >= 0.3 is 0 Å². The van der Waals surface area contributed by atoms with Gasteiger partial charge in [0.25, 0.3) is 0 Å². The van der Waals surface area contributed by atoms with Crippen LogP contribution in [0.3, 0.4) is 0 Å². The van der Waals surface area contributed by atoms with Crippen LogP contribution in [0.2, 0.25) is 0 Å². The van der Waals surface area contributed by atoms with Gasteiger partial charge in [-0.25, -0.2) is 13.8 Å². The Kier molecular flexibility index (Phi) is 6.44. The van der Waals surface area contributed by atoms with E-state index in [1.807, 2.05) is 13.8 Å². The van der Waals surface area contributed by atoms with Gasteiger partial charge in [-0.1, -0.05) is 25.8 Å². The molecule has 0 aromatic carbocycles. The topological polar surface area (TPSA) is 50.7 Å². The fourth-order valence-electron chi connectivity index (χ4n) is 5.13. The zero-order valence-corrected chi connectivity index (χ0v) is 18.5. The van der Waals surface area contributed by atoms with Gasteiger partial charge in [-0.3, -0.25) is 9.97 Å². The van der Waals surface area contributed by atoms with Crippen molar-refractivity contribution in [2.75, 3.05) is 5.32 Å². The summed E-state index contributed by atoms with van der Waals surface area (Å²) in [5, 5.41) is 3.14. The third-order valence-electron chi connectivity index (χ3n) is 6.65. The summed E-state index contributed by atoms with van der Waals surface area (Å²) in [4.78, 5) is 12.8. The molecule has 0 spiro atoms. The molecule has 0 bridgehead atoms. The minimum absolute atomic E-state index is 0.0660. The van der Waals surface area contributed by atoms with E-state index in [0.717, 1.165) is 48.8 Å². The van der Waals surface area contributed by atoms with Crippen molar-refractivity contribution in [3.05, 3.63) is 58.8 Å². The second kappa shape index (κ2) is 9.25. The predicted octanol–water partition coefficient (Wildman–Crippen LogP) is 6.78. The lowest BCUT2D eigenvalue weighted by Crippen LogP contribution is -2.13. The molecule has 4 nitrogen and oxygen atoms in total. The number of pyridine rings is 1. The molecule has 3 aliphatic rings. The molecule has 2 saturated carbocycles. The van der Waals surface area contributed by atoms with Crippen LogP contribution >= 0.6 is 0 Å². The molecule has 164 valence electrons. The average molecular weight is 425 g/mol. The minimum atomic E-state index is -0.671. The van der Waals surface area contributed by atoms with Crippen molar-refractivity contribution in [3.8, 4) is 0 Å². The van der Waals surface area contributed by atoms with Crippen LogP contribution in [0.1, 0.15) is 77.0 Å². The number of hydrogen-bond acceptors (Lipinski definition) is 4. The van der Waals surface area contributed by atoms with Gasteiger partial charge in [-0.2, -0.15) is 0 Å². The van der Waals surface area contributed by atoms with E-state index in [9.17, 15) is 8.78 Å². The number of anilines is 1. The van der Waals surface area contributed by atoms with Crippen LogP contribution < -0.4 is 5.32 Å². The first-order valence-corrected chi connectivity index (χ1v) is 11.4. The third-order valence-corrected chi connectivity index (χ3v) is 6.65. The summed E-state index contributed by atoms with van der Waals surface area (Å²) in [7, 11) is 0. The maximum absolute atomic E-state index is 14.3. The van der Waals surface area contributed by atoms with Gasteiger partial charge < -0.3 is 5.32 Å². The lowest BCUT2D eigenvalue weighted by atomic mass is 9.88. The molecular formula is C25H30F2N4. The van der Waals surface area contributed by atoms with Crippen LogP contribution in [-0.4, -0.2) is 15.0 Å². The van der Waals surface area contributed by atoms with E-state index in [1.165, 1.54) is 36.8 Å². The van der Waals surface area contributed by atoms with E-state index < -0.39 is 11.6 Å². The molecule has 2 atom stereocenters. The molecule has 1 N–H and O–H groups in total. The maximum Gasteiger partial charge on any atom is 0.153 e. The highest BCUT2D eigenvalue weighted by Gasteiger charge is 2.37. The summed E-state index contributed by atoms with van der Waals surface area (Å²) in [5.41, 5.74) is 5.11. The van der Waals surface area contributed by atoms with E-state index >= 15 is 0 Å². The van der Waals surface area contributed by atoms with E-state index in [1.54, 1.807) is 12.4 Å². The first-order valence-electron chi connectivity index (χ1n) is 11.4. The zero-order valence-electron chi connectivity index (χ0n) is 18.5. The van der Waals surface area contributed by atoms with Crippen molar-refractivity contribution < 1.29 is 8.78 Å². The van der Waals surface area contributed by atoms with Gasteiger partial charge in [-0.15, -0.1) is 0 Å². The standard InChI is InChI=1S/C23H24F2N4.C2H6/c1-13-8-15-6-3-7-16(15)21(13)19-11-28-20(12-27-19)29-23(14-4-2-5-14)22-17(24)9-26-10-18(22)25;1-2/h9-12,15-16H,2-8H2,1H3,(H,28,29);1-2H3. The number of aromatic nitrogens is 3. The Morgan fingerprint density at radius 3 is 2.32 bits per heavy atom. The summed E-state index contributed by atoms with van der Waals surface area (Å²) >= 11 is 0. The molecule has 0 radical (unpaired) electrons. The van der Waals surface area contributed by atoms with Gasteiger partial charge in [0.1, 0.15) is 5.82 Å². The summed E-state index contributed by atoms with van der Waals surface area (Å²) < 4.78 is 28.7. The molecule has 2 aromatic rings. The Bertz CT molecular complexity index is 984. The molecule has 0 aliphatic heterocycles. The number of nitrogens with one attached hydrogen (secondary N) is 1. The van der Waals surface area contributed by atoms with E-state index in [4.69, 9.17) is 0 Å². The smallest absolute Gasteiger partial charge is 0.153 e. The molecule has 2 aromatic heterocycles. The quantitative estimate of drug-likeness (QED) is 0.588. The monoisotopic (exact) mass is 424 g/mol. The van der Waals surface area contributed by atoms with E-state index in [-0.39, 0.29) is 5.56 Å². The average Bonchev–Trinajstić information content (AvgIpc) is 3.29. The lowest BCUT2D eigenvalue weighted by molar-refractivity contribution is 0.498. The zero-order chi connectivity index (χ0) is 22.0. The highest BCUT2D eigenvalue weighted by molar-refractivity contribution is 5.79. The van der Waals surface area contributed by atoms with Gasteiger partial charge in [-0.05, 0) is 68.4 Å². The Hall–Kier alpha value is -2.63. The van der Waals surface area contributed by atoms with Crippen LogP contribution in [0.5, 0.6) is 0 Å². The van der Waals surface area contributed by atoms with E-state index in [2.05, 4.69) is 27.2 Å². The van der Waals surface area contributed by atoms with E-state index in [0.29, 0.717) is 17.4 Å². The van der Waals surface area contributed by atoms with Gasteiger partial charge in [0.15, 0.2) is 11.6 Å². The Labute approximate surface area is 182 Å². The van der Waals surface area contributed by atoms with Crippen LogP contribution in [-0.2, 0) is 0 Å². The Morgan fingerprint density at radius 2 is 1.71 bits per heavy atom. The van der Waals surface area contributed by atoms with Crippen LogP contribution in [0.25, 0.3) is 11.3 Å². The summed E-state index contributed by atoms with van der Waals surface area (Å²) in [6, 6.07) is 0. The summed E-state index contributed by atoms with van der Waals surface area (Å²) in [6.07, 6.45) is 13.2. The molecule has 0 amide bonds. The molecule has 2 fully saturated rings. The summed E-state index contributed by atoms with van der Waals surface area (Å²) in [5.74, 6) is 0.525. The number of rotatable bonds is 4. The largest absolute Gasteiger partial charge is 0.338 e. The number of allylic oxidation sites excluding steroid dienone is 3. The number of hydrogen-bond donors (Lipinski definition) is 1. The molecule has 3 aliphatic carbocycles. The van der Waals surface area contributed by atoms with Crippen molar-refractivity contribution >= 4 is 17.1 Å². The molecule has 6 heteroatoms. The SMILES string of the molecule is CC.CC1=C(c2cnc(NC(=C3CCC3)c3c(F)cncc3F)cn2)C2CCCC2C1.